The van der Waals surface area contributed by atoms with Crippen LogP contribution in [0, 0.1) is 0 Å². The molecule has 2 bridgehead atoms. The number of hydrogen-bond acceptors (Lipinski definition) is 4. The van der Waals surface area contributed by atoms with Crippen LogP contribution in [0.2, 0.25) is 0 Å². The topological polar surface area (TPSA) is 36.9 Å². The van der Waals surface area contributed by atoms with Gasteiger partial charge in [-0.25, -0.2) is 0 Å². The van der Waals surface area contributed by atoms with Gasteiger partial charge in [0.15, 0.2) is 0 Å². The Morgan fingerprint density at radius 2 is 2.07 bits per heavy atom. The highest BCUT2D eigenvalue weighted by Crippen LogP contribution is 2.47. The van der Waals surface area contributed by atoms with Gasteiger partial charge in [0, 0.05) is 14.2 Å². The Balaban J connectivity index is 2.22. The zero-order valence-electron chi connectivity index (χ0n) is 9.86. The Kier molecular flexibility index (Phi) is 3.03. The van der Waals surface area contributed by atoms with E-state index in [1.807, 2.05) is 6.92 Å². The maximum Gasteiger partial charge on any atom is 0.125 e. The Bertz CT molecular complexity index is 233. The summed E-state index contributed by atoms with van der Waals surface area (Å²) in [5.41, 5.74) is -0.311. The summed E-state index contributed by atoms with van der Waals surface area (Å²) in [4.78, 5) is 0. The van der Waals surface area contributed by atoms with E-state index in [4.69, 9.17) is 18.9 Å². The Hall–Kier alpha value is -0.160. The highest BCUT2D eigenvalue weighted by atomic mass is 16.7. The summed E-state index contributed by atoms with van der Waals surface area (Å²) >= 11 is 0. The molecule has 4 heteroatoms. The molecular weight excluding hydrogens is 196 g/mol. The second-order valence-corrected chi connectivity index (χ2v) is 4.33. The van der Waals surface area contributed by atoms with E-state index < -0.39 is 0 Å². The third-order valence-corrected chi connectivity index (χ3v) is 3.64. The summed E-state index contributed by atoms with van der Waals surface area (Å²) in [7, 11) is 3.41. The van der Waals surface area contributed by atoms with Crippen LogP contribution in [0.15, 0.2) is 0 Å². The van der Waals surface area contributed by atoms with Crippen LogP contribution < -0.4 is 0 Å². The van der Waals surface area contributed by atoms with Crippen LogP contribution in [0.4, 0.5) is 0 Å². The van der Waals surface area contributed by atoms with Crippen molar-refractivity contribution in [1.29, 1.82) is 0 Å². The van der Waals surface area contributed by atoms with Gasteiger partial charge in [0.05, 0.1) is 12.7 Å². The van der Waals surface area contributed by atoms with E-state index in [1.165, 1.54) is 0 Å². The summed E-state index contributed by atoms with van der Waals surface area (Å²) < 4.78 is 22.7. The van der Waals surface area contributed by atoms with Gasteiger partial charge >= 0.3 is 0 Å². The monoisotopic (exact) mass is 216 g/mol. The molecule has 0 N–H and O–H groups in total. The summed E-state index contributed by atoms with van der Waals surface area (Å²) in [6, 6.07) is 0. The van der Waals surface area contributed by atoms with Crippen molar-refractivity contribution < 1.29 is 18.9 Å². The van der Waals surface area contributed by atoms with Crippen LogP contribution in [0.25, 0.3) is 0 Å². The Morgan fingerprint density at radius 1 is 1.33 bits per heavy atom. The molecule has 5 atom stereocenters. The van der Waals surface area contributed by atoms with Gasteiger partial charge in [0.1, 0.15) is 23.9 Å². The van der Waals surface area contributed by atoms with Crippen LogP contribution in [0.5, 0.6) is 0 Å². The van der Waals surface area contributed by atoms with Gasteiger partial charge in [-0.15, -0.1) is 0 Å². The molecule has 0 amide bonds. The first kappa shape index (κ1) is 11.3. The molecule has 0 aromatic rings. The standard InChI is InChI=1S/C11H20O4/c1-5-11-8(6-12-3)14-9(7(2)15-11)10(11)13-4/h7-10H,5-6H2,1-4H3/t7-,8+,9-,10-,11-/m0/s1. The average molecular weight is 216 g/mol. The minimum absolute atomic E-state index is 0.00125. The minimum atomic E-state index is -0.311. The lowest BCUT2D eigenvalue weighted by Gasteiger charge is -2.36. The second kappa shape index (κ2) is 4.01. The van der Waals surface area contributed by atoms with Gasteiger partial charge in [0.2, 0.25) is 0 Å². The molecule has 88 valence electrons. The second-order valence-electron chi connectivity index (χ2n) is 4.33. The first-order valence-corrected chi connectivity index (χ1v) is 5.54. The zero-order valence-corrected chi connectivity index (χ0v) is 9.86. The summed E-state index contributed by atoms with van der Waals surface area (Å²) in [5, 5.41) is 0. The first-order valence-electron chi connectivity index (χ1n) is 5.54. The van der Waals surface area contributed by atoms with Crippen molar-refractivity contribution in [1.82, 2.24) is 0 Å². The lowest BCUT2D eigenvalue weighted by Crippen LogP contribution is -2.49. The van der Waals surface area contributed by atoms with E-state index in [9.17, 15) is 0 Å². The van der Waals surface area contributed by atoms with E-state index in [2.05, 4.69) is 6.92 Å². The number of ether oxygens (including phenoxy) is 4. The maximum atomic E-state index is 6.04. The van der Waals surface area contributed by atoms with Gasteiger partial charge in [-0.1, -0.05) is 6.92 Å². The van der Waals surface area contributed by atoms with E-state index in [1.54, 1.807) is 14.2 Å². The zero-order chi connectivity index (χ0) is 11.1. The lowest BCUT2D eigenvalue weighted by atomic mass is 9.90. The lowest BCUT2D eigenvalue weighted by molar-refractivity contribution is -0.195. The normalized spacial score (nSPS) is 48.8. The molecule has 0 spiro atoms. The van der Waals surface area contributed by atoms with Crippen molar-refractivity contribution >= 4 is 0 Å². The van der Waals surface area contributed by atoms with Crippen molar-refractivity contribution in [2.75, 3.05) is 20.8 Å². The van der Waals surface area contributed by atoms with Crippen molar-refractivity contribution in [2.24, 2.45) is 0 Å². The molecule has 4 nitrogen and oxygen atoms in total. The van der Waals surface area contributed by atoms with Crippen LogP contribution in [-0.2, 0) is 18.9 Å². The average Bonchev–Trinajstić information content (AvgIpc) is 2.67. The van der Waals surface area contributed by atoms with Gasteiger partial charge in [-0.3, -0.25) is 0 Å². The van der Waals surface area contributed by atoms with E-state index in [0.717, 1.165) is 6.42 Å². The fourth-order valence-corrected chi connectivity index (χ4v) is 2.93. The van der Waals surface area contributed by atoms with Gasteiger partial charge in [-0.2, -0.15) is 0 Å². The fourth-order valence-electron chi connectivity index (χ4n) is 2.93. The predicted octanol–water partition coefficient (Wildman–Crippen LogP) is 0.983. The van der Waals surface area contributed by atoms with Crippen molar-refractivity contribution in [3.8, 4) is 0 Å². The maximum absolute atomic E-state index is 6.04. The van der Waals surface area contributed by atoms with Gasteiger partial charge < -0.3 is 18.9 Å². The third-order valence-electron chi connectivity index (χ3n) is 3.64. The number of fused-ring (bicyclic) bond motifs is 2. The largest absolute Gasteiger partial charge is 0.382 e. The quantitative estimate of drug-likeness (QED) is 0.702. The summed E-state index contributed by atoms with van der Waals surface area (Å²) in [6.07, 6.45) is 1.09. The highest BCUT2D eigenvalue weighted by molar-refractivity contribution is 5.12. The van der Waals surface area contributed by atoms with E-state index in [-0.39, 0.29) is 30.0 Å². The molecule has 0 aliphatic carbocycles. The van der Waals surface area contributed by atoms with Crippen molar-refractivity contribution in [2.45, 2.75) is 50.3 Å². The van der Waals surface area contributed by atoms with Crippen LogP contribution >= 0.6 is 0 Å². The molecular formula is C11H20O4. The molecule has 2 aliphatic rings. The van der Waals surface area contributed by atoms with E-state index in [0.29, 0.717) is 6.61 Å². The highest BCUT2D eigenvalue weighted by Gasteiger charge is 2.64. The van der Waals surface area contributed by atoms with Crippen LogP contribution in [0.1, 0.15) is 20.3 Å². The SMILES string of the molecule is CC[C@]12O[C@@H](C)[C@H](O[C@@H]1COC)[C@@H]2OC. The third kappa shape index (κ3) is 1.43. The number of methoxy groups -OCH3 is 2. The van der Waals surface area contributed by atoms with Crippen molar-refractivity contribution in [3.05, 3.63) is 0 Å². The Labute approximate surface area is 90.8 Å². The van der Waals surface area contributed by atoms with Gasteiger partial charge in [0.25, 0.3) is 0 Å². The smallest absolute Gasteiger partial charge is 0.125 e. The molecule has 0 aromatic carbocycles. The minimum Gasteiger partial charge on any atom is -0.382 e. The predicted molar refractivity (Wildman–Crippen MR) is 54.9 cm³/mol. The molecule has 0 radical (unpaired) electrons. The molecule has 0 aromatic heterocycles. The molecule has 0 unspecified atom stereocenters. The van der Waals surface area contributed by atoms with Gasteiger partial charge in [-0.05, 0) is 13.3 Å². The van der Waals surface area contributed by atoms with Crippen LogP contribution in [-0.4, -0.2) is 50.8 Å². The number of hydrogen-bond donors (Lipinski definition) is 0. The summed E-state index contributed by atoms with van der Waals surface area (Å²) in [6.45, 7) is 4.71. The fraction of sp³-hybridized carbons (Fsp3) is 1.00. The molecule has 2 fully saturated rings. The van der Waals surface area contributed by atoms with Crippen molar-refractivity contribution in [3.63, 3.8) is 0 Å². The molecule has 2 saturated heterocycles. The molecule has 2 aliphatic heterocycles. The summed E-state index contributed by atoms with van der Waals surface area (Å²) in [5.74, 6) is 0. The first-order chi connectivity index (χ1) is 7.19. The molecule has 2 heterocycles. The van der Waals surface area contributed by atoms with E-state index >= 15 is 0 Å². The molecule has 15 heavy (non-hydrogen) atoms. The molecule has 2 rings (SSSR count). The molecule has 0 saturated carbocycles. The Morgan fingerprint density at radius 3 is 2.60 bits per heavy atom. The van der Waals surface area contributed by atoms with Crippen LogP contribution in [0.3, 0.4) is 0 Å². The number of rotatable bonds is 4.